The van der Waals surface area contributed by atoms with Gasteiger partial charge in [-0.05, 0) is 62.2 Å². The van der Waals surface area contributed by atoms with Crippen molar-refractivity contribution in [2.45, 2.75) is 32.0 Å². The van der Waals surface area contributed by atoms with Gasteiger partial charge in [0.1, 0.15) is 11.5 Å². The van der Waals surface area contributed by atoms with E-state index in [-0.39, 0.29) is 28.9 Å². The highest BCUT2D eigenvalue weighted by atomic mass is 19.4. The number of fused-ring (bicyclic) bond motifs is 2. The number of nitrogens with zero attached hydrogens (tertiary/aromatic N) is 2. The monoisotopic (exact) mass is 559 g/mol. The molecule has 41 heavy (non-hydrogen) atoms. The zero-order chi connectivity index (χ0) is 28.9. The molecule has 0 saturated carbocycles. The molecule has 1 aromatic heterocycles. The number of piperidine rings is 1. The van der Waals surface area contributed by atoms with Gasteiger partial charge in [0.05, 0.1) is 22.6 Å². The Labute approximate surface area is 234 Å². The van der Waals surface area contributed by atoms with Crippen molar-refractivity contribution < 1.29 is 22.8 Å². The number of anilines is 3. The van der Waals surface area contributed by atoms with E-state index in [9.17, 15) is 22.8 Å². The van der Waals surface area contributed by atoms with Gasteiger partial charge in [0.25, 0.3) is 11.8 Å². The van der Waals surface area contributed by atoms with Crippen LogP contribution in [0.3, 0.4) is 0 Å². The van der Waals surface area contributed by atoms with Gasteiger partial charge >= 0.3 is 6.18 Å². The van der Waals surface area contributed by atoms with Crippen LogP contribution in [0.5, 0.6) is 0 Å². The van der Waals surface area contributed by atoms with Crippen LogP contribution >= 0.6 is 0 Å². The molecule has 0 atom stereocenters. The molecule has 0 aliphatic carbocycles. The molecule has 7 nitrogen and oxygen atoms in total. The van der Waals surface area contributed by atoms with E-state index in [1.807, 2.05) is 49.4 Å². The molecule has 0 unspecified atom stereocenters. The number of aromatic amines is 1. The highest BCUT2D eigenvalue weighted by molar-refractivity contribution is 6.15. The maximum Gasteiger partial charge on any atom is 0.416 e. The van der Waals surface area contributed by atoms with E-state index in [1.165, 1.54) is 12.1 Å². The number of aromatic nitrogens is 1. The van der Waals surface area contributed by atoms with Crippen LogP contribution in [0.15, 0.2) is 79.1 Å². The van der Waals surface area contributed by atoms with E-state index in [4.69, 9.17) is 0 Å². The van der Waals surface area contributed by atoms with Crippen molar-refractivity contribution in [1.29, 1.82) is 0 Å². The number of nitrogens with one attached hydrogen (secondary N) is 3. The average Bonchev–Trinajstić information content (AvgIpc) is 3.48. The molecule has 0 bridgehead atoms. The number of alkyl halides is 3. The summed E-state index contributed by atoms with van der Waals surface area (Å²) in [5, 5.41) is 6.66. The molecule has 2 aliphatic rings. The van der Waals surface area contributed by atoms with Crippen molar-refractivity contribution in [2.24, 2.45) is 0 Å². The first-order valence-corrected chi connectivity index (χ1v) is 13.3. The van der Waals surface area contributed by atoms with Gasteiger partial charge in [-0.25, -0.2) is 0 Å². The predicted octanol–water partition coefficient (Wildman–Crippen LogP) is 6.76. The van der Waals surface area contributed by atoms with E-state index >= 15 is 0 Å². The maximum absolute atomic E-state index is 13.8. The number of carbonyl (C=O) groups is 2. The number of aryl methyl sites for hydroxylation is 1. The number of H-pyrrole nitrogens is 1. The molecule has 4 aromatic rings. The Morgan fingerprint density at radius 3 is 2.51 bits per heavy atom. The van der Waals surface area contributed by atoms with Gasteiger partial charge < -0.3 is 25.4 Å². The maximum atomic E-state index is 13.8. The van der Waals surface area contributed by atoms with E-state index in [1.54, 1.807) is 4.90 Å². The van der Waals surface area contributed by atoms with Crippen LogP contribution in [0.4, 0.5) is 30.2 Å². The molecule has 1 saturated heterocycles. The molecule has 0 spiro atoms. The first kappa shape index (κ1) is 26.5. The van der Waals surface area contributed by atoms with Crippen molar-refractivity contribution in [2.75, 3.05) is 28.6 Å². The Morgan fingerprint density at radius 2 is 1.76 bits per heavy atom. The Kier molecular flexibility index (Phi) is 6.48. The van der Waals surface area contributed by atoms with Crippen LogP contribution in [-0.4, -0.2) is 40.8 Å². The number of para-hydroxylation sites is 2. The molecular formula is C31H28F3N5O2. The van der Waals surface area contributed by atoms with Gasteiger partial charge in [0.15, 0.2) is 0 Å². The second kappa shape index (κ2) is 10.0. The van der Waals surface area contributed by atoms with Crippen LogP contribution in [0, 0.1) is 6.92 Å². The van der Waals surface area contributed by atoms with Crippen molar-refractivity contribution in [3.63, 3.8) is 0 Å². The fourth-order valence-corrected chi connectivity index (χ4v) is 5.67. The average molecular weight is 560 g/mol. The Morgan fingerprint density at radius 1 is 1.00 bits per heavy atom. The molecule has 0 radical (unpaired) electrons. The minimum absolute atomic E-state index is 0.152. The molecule has 1 fully saturated rings. The Balaban J connectivity index is 1.25. The number of carbonyl (C=O) groups excluding carboxylic acids is 2. The van der Waals surface area contributed by atoms with Gasteiger partial charge in [0.2, 0.25) is 0 Å². The van der Waals surface area contributed by atoms with Crippen molar-refractivity contribution in [3.05, 3.63) is 102 Å². The molecular weight excluding hydrogens is 531 g/mol. The first-order chi connectivity index (χ1) is 19.6. The molecule has 2 aliphatic heterocycles. The summed E-state index contributed by atoms with van der Waals surface area (Å²) in [6.07, 6.45) is -3.15. The molecule has 10 heteroatoms. The lowest BCUT2D eigenvalue weighted by Crippen LogP contribution is -2.46. The van der Waals surface area contributed by atoms with Gasteiger partial charge in [-0.1, -0.05) is 36.4 Å². The lowest BCUT2D eigenvalue weighted by atomic mass is 10.0. The topological polar surface area (TPSA) is 80.5 Å². The zero-order valence-electron chi connectivity index (χ0n) is 22.3. The lowest BCUT2D eigenvalue weighted by molar-refractivity contribution is -0.137. The lowest BCUT2D eigenvalue weighted by Gasteiger charge is -2.37. The minimum atomic E-state index is -4.58. The van der Waals surface area contributed by atoms with Gasteiger partial charge in [-0.3, -0.25) is 9.59 Å². The van der Waals surface area contributed by atoms with Crippen LogP contribution in [0.1, 0.15) is 44.8 Å². The molecule has 210 valence electrons. The summed E-state index contributed by atoms with van der Waals surface area (Å²) in [6, 6.07) is 17.9. The number of hydrogen-bond donors (Lipinski definition) is 3. The Hall–Kier alpha value is -4.73. The second-order valence-electron chi connectivity index (χ2n) is 10.4. The highest BCUT2D eigenvalue weighted by Crippen LogP contribution is 2.39. The fourth-order valence-electron chi connectivity index (χ4n) is 5.67. The van der Waals surface area contributed by atoms with Crippen molar-refractivity contribution in [3.8, 4) is 0 Å². The van der Waals surface area contributed by atoms with Crippen LogP contribution in [-0.2, 0) is 6.18 Å². The zero-order valence-corrected chi connectivity index (χ0v) is 22.3. The fraction of sp³-hybridized carbons (Fsp3) is 0.226. The number of benzene rings is 3. The number of amides is 2. The SMILES string of the molecule is C=C1Nc2ccccc2N1C1CCN(C(=O)c2[nH]c3ccc(C)cc3c2NC(=O)c2cccc(C(F)(F)F)c2)CC1. The number of likely N-dealkylation sites (tertiary alicyclic amines) is 1. The molecule has 3 heterocycles. The second-order valence-corrected chi connectivity index (χ2v) is 10.4. The van der Waals surface area contributed by atoms with Crippen LogP contribution < -0.4 is 15.5 Å². The number of hydrogen-bond acceptors (Lipinski definition) is 4. The van der Waals surface area contributed by atoms with E-state index in [0.717, 1.165) is 34.9 Å². The van der Waals surface area contributed by atoms with Crippen molar-refractivity contribution in [1.82, 2.24) is 9.88 Å². The van der Waals surface area contributed by atoms with E-state index in [2.05, 4.69) is 27.1 Å². The molecule has 3 aromatic carbocycles. The van der Waals surface area contributed by atoms with E-state index < -0.39 is 17.6 Å². The summed E-state index contributed by atoms with van der Waals surface area (Å²) >= 11 is 0. The van der Waals surface area contributed by atoms with Gasteiger partial charge in [-0.2, -0.15) is 13.2 Å². The quantitative estimate of drug-likeness (QED) is 0.258. The highest BCUT2D eigenvalue weighted by Gasteiger charge is 2.34. The van der Waals surface area contributed by atoms with Crippen LogP contribution in [0.2, 0.25) is 0 Å². The minimum Gasteiger partial charge on any atom is -0.349 e. The summed E-state index contributed by atoms with van der Waals surface area (Å²) in [5.74, 6) is -0.207. The smallest absolute Gasteiger partial charge is 0.349 e. The van der Waals surface area contributed by atoms with Gasteiger partial charge in [0, 0.05) is 35.6 Å². The predicted molar refractivity (Wildman–Crippen MR) is 153 cm³/mol. The number of rotatable bonds is 4. The van der Waals surface area contributed by atoms with Crippen molar-refractivity contribution >= 4 is 39.8 Å². The van der Waals surface area contributed by atoms with Gasteiger partial charge in [-0.15, -0.1) is 0 Å². The summed E-state index contributed by atoms with van der Waals surface area (Å²) in [4.78, 5) is 34.0. The molecule has 2 amide bonds. The Bertz CT molecular complexity index is 1680. The molecule has 6 rings (SSSR count). The summed E-state index contributed by atoms with van der Waals surface area (Å²) in [6.45, 7) is 7.04. The largest absolute Gasteiger partial charge is 0.416 e. The third kappa shape index (κ3) is 4.90. The summed E-state index contributed by atoms with van der Waals surface area (Å²) in [5.41, 5.74) is 3.00. The summed E-state index contributed by atoms with van der Waals surface area (Å²) in [7, 11) is 0. The van der Waals surface area contributed by atoms with E-state index in [0.29, 0.717) is 36.8 Å². The number of halogens is 3. The summed E-state index contributed by atoms with van der Waals surface area (Å²) < 4.78 is 39.8. The third-order valence-corrected chi connectivity index (χ3v) is 7.71. The first-order valence-electron chi connectivity index (χ1n) is 13.3. The standard InChI is InChI=1S/C31H28F3N5O2/c1-18-10-11-24-23(16-18)27(37-29(40)20-6-5-7-21(17-20)31(32,33)34)28(36-24)30(41)38-14-12-22(13-15-38)39-19(2)35-25-8-3-4-9-26(25)39/h3-11,16-17,22,35-36H,2,12-15H2,1H3,(H,37,40). The normalized spacial score (nSPS) is 15.7. The molecule has 3 N–H and O–H groups in total. The van der Waals surface area contributed by atoms with Crippen LogP contribution in [0.25, 0.3) is 10.9 Å². The third-order valence-electron chi connectivity index (χ3n) is 7.71.